The third kappa shape index (κ3) is 2.65. The lowest BCUT2D eigenvalue weighted by molar-refractivity contribution is -0.118. The Morgan fingerprint density at radius 3 is 3.06 bits per heavy atom. The van der Waals surface area contributed by atoms with Crippen molar-refractivity contribution in [1.82, 2.24) is 0 Å². The van der Waals surface area contributed by atoms with Crippen molar-refractivity contribution in [2.75, 3.05) is 31.4 Å². The second kappa shape index (κ2) is 5.14. The van der Waals surface area contributed by atoms with Crippen LogP contribution in [0.4, 0.5) is 11.4 Å². The van der Waals surface area contributed by atoms with Crippen molar-refractivity contribution < 1.29 is 19.0 Å². The first-order valence-corrected chi connectivity index (χ1v) is 5.62. The lowest BCUT2D eigenvalue weighted by Gasteiger charge is -2.21. The summed E-state index contributed by atoms with van der Waals surface area (Å²) in [7, 11) is 1.60. The van der Waals surface area contributed by atoms with Crippen LogP contribution in [0.15, 0.2) is 12.1 Å². The number of carbonyl (C=O) groups is 1. The largest absolute Gasteiger partial charge is 0.486 e. The van der Waals surface area contributed by atoms with Gasteiger partial charge in [0.25, 0.3) is 5.91 Å². The number of nitrogens with one attached hydrogen (secondary N) is 1. The number of rotatable bonds is 4. The molecule has 0 spiro atoms. The van der Waals surface area contributed by atoms with E-state index in [9.17, 15) is 4.79 Å². The number of nitrogens with two attached hydrogens (primary N) is 1. The molecule has 1 atom stereocenters. The fourth-order valence-corrected chi connectivity index (χ4v) is 1.71. The van der Waals surface area contributed by atoms with Crippen LogP contribution >= 0.6 is 0 Å². The van der Waals surface area contributed by atoms with E-state index in [-0.39, 0.29) is 18.6 Å². The summed E-state index contributed by atoms with van der Waals surface area (Å²) in [6.45, 7) is 2.34. The molecule has 0 bridgehead atoms. The Bertz CT molecular complexity index is 462. The van der Waals surface area contributed by atoms with Crippen LogP contribution in [0.25, 0.3) is 0 Å². The van der Waals surface area contributed by atoms with Gasteiger partial charge < -0.3 is 25.3 Å². The van der Waals surface area contributed by atoms with Crippen LogP contribution in [-0.2, 0) is 9.53 Å². The zero-order valence-electron chi connectivity index (χ0n) is 10.4. The molecule has 1 aromatic rings. The fourth-order valence-electron chi connectivity index (χ4n) is 1.71. The van der Waals surface area contributed by atoms with Crippen molar-refractivity contribution in [2.24, 2.45) is 0 Å². The van der Waals surface area contributed by atoms with Crippen LogP contribution in [0, 0.1) is 0 Å². The molecular weight excluding hydrogens is 236 g/mol. The van der Waals surface area contributed by atoms with Crippen LogP contribution in [0.2, 0.25) is 0 Å². The molecule has 1 unspecified atom stereocenters. The van der Waals surface area contributed by atoms with Gasteiger partial charge >= 0.3 is 0 Å². The lowest BCUT2D eigenvalue weighted by atomic mass is 10.2. The first-order chi connectivity index (χ1) is 8.60. The zero-order chi connectivity index (χ0) is 13.1. The van der Waals surface area contributed by atoms with Crippen LogP contribution in [0.3, 0.4) is 0 Å². The first kappa shape index (κ1) is 12.5. The maximum Gasteiger partial charge on any atom is 0.262 e. The average molecular weight is 252 g/mol. The van der Waals surface area contributed by atoms with Crippen LogP contribution in [0.5, 0.6) is 11.5 Å². The Morgan fingerprint density at radius 2 is 2.33 bits per heavy atom. The van der Waals surface area contributed by atoms with Gasteiger partial charge in [0.2, 0.25) is 0 Å². The van der Waals surface area contributed by atoms with Crippen LogP contribution in [-0.4, -0.2) is 32.3 Å². The molecule has 2 rings (SSSR count). The summed E-state index contributed by atoms with van der Waals surface area (Å²) >= 11 is 0. The number of nitrogen functional groups attached to an aromatic ring is 1. The van der Waals surface area contributed by atoms with E-state index in [0.717, 1.165) is 0 Å². The van der Waals surface area contributed by atoms with E-state index < -0.39 is 0 Å². The standard InChI is InChI=1S/C12H16N2O4/c1-7(5-16-2)18-10-4-9-11(3-8(10)13)17-6-12(15)14-9/h3-4,7H,5-6,13H2,1-2H3,(H,14,15). The molecule has 1 heterocycles. The van der Waals surface area contributed by atoms with Gasteiger partial charge in [-0.2, -0.15) is 0 Å². The Hall–Kier alpha value is -1.95. The number of carbonyl (C=O) groups excluding carboxylic acids is 1. The predicted octanol–water partition coefficient (Wildman–Crippen LogP) is 1.01. The molecule has 3 N–H and O–H groups in total. The number of hydrogen-bond donors (Lipinski definition) is 2. The highest BCUT2D eigenvalue weighted by atomic mass is 16.5. The second-order valence-corrected chi connectivity index (χ2v) is 4.11. The van der Waals surface area contributed by atoms with E-state index in [1.54, 1.807) is 19.2 Å². The van der Waals surface area contributed by atoms with Crippen molar-refractivity contribution in [1.29, 1.82) is 0 Å². The number of benzene rings is 1. The number of anilines is 2. The van der Waals surface area contributed by atoms with Gasteiger partial charge in [0.15, 0.2) is 6.61 Å². The van der Waals surface area contributed by atoms with Gasteiger partial charge in [-0.05, 0) is 6.92 Å². The maximum absolute atomic E-state index is 11.2. The Balaban J connectivity index is 2.21. The molecule has 0 saturated heterocycles. The average Bonchev–Trinajstić information content (AvgIpc) is 2.31. The minimum Gasteiger partial charge on any atom is -0.486 e. The minimum atomic E-state index is -0.192. The van der Waals surface area contributed by atoms with Crippen molar-refractivity contribution in [2.45, 2.75) is 13.0 Å². The fraction of sp³-hybridized carbons (Fsp3) is 0.417. The van der Waals surface area contributed by atoms with Crippen LogP contribution < -0.4 is 20.5 Å². The summed E-state index contributed by atoms with van der Waals surface area (Å²) in [6, 6.07) is 3.30. The highest BCUT2D eigenvalue weighted by Gasteiger charge is 2.19. The topological polar surface area (TPSA) is 82.8 Å². The quantitative estimate of drug-likeness (QED) is 0.781. The lowest BCUT2D eigenvalue weighted by Crippen LogP contribution is -2.26. The third-order valence-electron chi connectivity index (χ3n) is 2.47. The molecule has 0 saturated carbocycles. The molecule has 0 aliphatic carbocycles. The van der Waals surface area contributed by atoms with Gasteiger partial charge in [-0.15, -0.1) is 0 Å². The SMILES string of the molecule is COCC(C)Oc1cc2c(cc1N)OCC(=O)N2. The minimum absolute atomic E-state index is 0.00667. The highest BCUT2D eigenvalue weighted by molar-refractivity contribution is 5.96. The molecule has 0 fully saturated rings. The number of hydrogen-bond acceptors (Lipinski definition) is 5. The first-order valence-electron chi connectivity index (χ1n) is 5.62. The van der Waals surface area contributed by atoms with Crippen molar-refractivity contribution in [3.8, 4) is 11.5 Å². The van der Waals surface area contributed by atoms with Gasteiger partial charge in [0, 0.05) is 19.2 Å². The molecule has 1 aliphatic rings. The van der Waals surface area contributed by atoms with E-state index >= 15 is 0 Å². The number of fused-ring (bicyclic) bond motifs is 1. The van der Waals surface area contributed by atoms with E-state index in [4.69, 9.17) is 19.9 Å². The van der Waals surface area contributed by atoms with Crippen molar-refractivity contribution in [3.05, 3.63) is 12.1 Å². The van der Waals surface area contributed by atoms with Crippen molar-refractivity contribution in [3.63, 3.8) is 0 Å². The normalized spacial score (nSPS) is 15.3. The molecule has 6 heteroatoms. The summed E-state index contributed by atoms with van der Waals surface area (Å²) in [4.78, 5) is 11.2. The Morgan fingerprint density at radius 1 is 1.56 bits per heavy atom. The van der Waals surface area contributed by atoms with Gasteiger partial charge in [-0.25, -0.2) is 0 Å². The monoisotopic (exact) mass is 252 g/mol. The zero-order valence-corrected chi connectivity index (χ0v) is 10.4. The van der Waals surface area contributed by atoms with Gasteiger partial charge in [0.05, 0.1) is 18.0 Å². The van der Waals surface area contributed by atoms with Gasteiger partial charge in [0.1, 0.15) is 17.6 Å². The molecule has 98 valence electrons. The van der Waals surface area contributed by atoms with E-state index in [1.165, 1.54) is 0 Å². The highest BCUT2D eigenvalue weighted by Crippen LogP contribution is 2.36. The van der Waals surface area contributed by atoms with E-state index in [1.807, 2.05) is 6.92 Å². The van der Waals surface area contributed by atoms with Gasteiger partial charge in [-0.3, -0.25) is 4.79 Å². The molecule has 1 aromatic carbocycles. The number of ether oxygens (including phenoxy) is 3. The Kier molecular flexibility index (Phi) is 3.57. The smallest absolute Gasteiger partial charge is 0.262 e. The van der Waals surface area contributed by atoms with Crippen molar-refractivity contribution >= 4 is 17.3 Å². The summed E-state index contributed by atoms with van der Waals surface area (Å²) in [5.74, 6) is 0.867. The van der Waals surface area contributed by atoms with E-state index in [2.05, 4.69) is 5.32 Å². The predicted molar refractivity (Wildman–Crippen MR) is 66.9 cm³/mol. The Labute approximate surface area is 105 Å². The molecular formula is C12H16N2O4. The molecule has 18 heavy (non-hydrogen) atoms. The molecule has 0 radical (unpaired) electrons. The summed E-state index contributed by atoms with van der Waals surface area (Å²) in [5.41, 5.74) is 6.90. The van der Waals surface area contributed by atoms with Crippen LogP contribution in [0.1, 0.15) is 6.92 Å². The number of amides is 1. The third-order valence-corrected chi connectivity index (χ3v) is 2.47. The summed E-state index contributed by atoms with van der Waals surface area (Å²) in [6.07, 6.45) is -0.129. The summed E-state index contributed by atoms with van der Waals surface area (Å²) < 4.78 is 15.9. The van der Waals surface area contributed by atoms with Gasteiger partial charge in [-0.1, -0.05) is 0 Å². The molecule has 6 nitrogen and oxygen atoms in total. The second-order valence-electron chi connectivity index (χ2n) is 4.11. The molecule has 1 amide bonds. The maximum atomic E-state index is 11.2. The number of methoxy groups -OCH3 is 1. The van der Waals surface area contributed by atoms with E-state index in [0.29, 0.717) is 29.5 Å². The summed E-state index contributed by atoms with van der Waals surface area (Å²) in [5, 5.41) is 2.70. The molecule has 0 aromatic heterocycles. The molecule has 1 aliphatic heterocycles.